The average molecular weight is 590 g/mol. The average Bonchev–Trinajstić information content (AvgIpc) is 2.91. The molecule has 0 aliphatic rings. The SMILES string of the molecule is CCCCCCCCCCCCCCCCOC(=O)NC(CCCNC(=N)N)C(=O)NCCCCCCCC.Cl. The van der Waals surface area contributed by atoms with Gasteiger partial charge < -0.3 is 26.4 Å². The summed E-state index contributed by atoms with van der Waals surface area (Å²) in [4.78, 5) is 25.0. The fourth-order valence-corrected chi connectivity index (χ4v) is 4.68. The lowest BCUT2D eigenvalue weighted by Gasteiger charge is -2.18. The van der Waals surface area contributed by atoms with Gasteiger partial charge in [0.25, 0.3) is 0 Å². The maximum Gasteiger partial charge on any atom is 0.407 e. The van der Waals surface area contributed by atoms with Crippen molar-refractivity contribution in [3.05, 3.63) is 0 Å². The summed E-state index contributed by atoms with van der Waals surface area (Å²) in [5, 5.41) is 15.7. The molecular formula is C31H64ClN5O3. The second kappa shape index (κ2) is 31.8. The van der Waals surface area contributed by atoms with Crippen LogP contribution in [0.25, 0.3) is 0 Å². The highest BCUT2D eigenvalue weighted by molar-refractivity contribution is 5.85. The molecule has 0 aromatic rings. The van der Waals surface area contributed by atoms with Crippen LogP contribution in [0.2, 0.25) is 0 Å². The van der Waals surface area contributed by atoms with Crippen molar-refractivity contribution in [3.63, 3.8) is 0 Å². The molecule has 40 heavy (non-hydrogen) atoms. The molecule has 0 radical (unpaired) electrons. The van der Waals surface area contributed by atoms with Crippen LogP contribution in [0.1, 0.15) is 155 Å². The molecule has 0 saturated heterocycles. The van der Waals surface area contributed by atoms with E-state index < -0.39 is 12.1 Å². The molecule has 8 nitrogen and oxygen atoms in total. The van der Waals surface area contributed by atoms with Gasteiger partial charge in [-0.25, -0.2) is 4.79 Å². The summed E-state index contributed by atoms with van der Waals surface area (Å²) in [6.45, 7) is 5.93. The summed E-state index contributed by atoms with van der Waals surface area (Å²) >= 11 is 0. The Kier molecular flexibility index (Phi) is 32.2. The van der Waals surface area contributed by atoms with Crippen molar-refractivity contribution in [1.82, 2.24) is 16.0 Å². The Bertz CT molecular complexity index is 595. The topological polar surface area (TPSA) is 129 Å². The van der Waals surface area contributed by atoms with E-state index in [1.54, 1.807) is 0 Å². The van der Waals surface area contributed by atoms with Crippen LogP contribution >= 0.6 is 12.4 Å². The van der Waals surface area contributed by atoms with Crippen molar-refractivity contribution < 1.29 is 14.3 Å². The Balaban J connectivity index is 0. The van der Waals surface area contributed by atoms with Crippen LogP contribution in [0.15, 0.2) is 0 Å². The third-order valence-corrected chi connectivity index (χ3v) is 7.15. The van der Waals surface area contributed by atoms with E-state index in [4.69, 9.17) is 15.9 Å². The zero-order chi connectivity index (χ0) is 28.8. The predicted molar refractivity (Wildman–Crippen MR) is 171 cm³/mol. The van der Waals surface area contributed by atoms with Gasteiger partial charge in [0.05, 0.1) is 6.61 Å². The maximum absolute atomic E-state index is 12.7. The fourth-order valence-electron chi connectivity index (χ4n) is 4.68. The molecule has 0 aromatic carbocycles. The van der Waals surface area contributed by atoms with Crippen LogP contribution in [0.3, 0.4) is 0 Å². The van der Waals surface area contributed by atoms with Crippen LogP contribution in [-0.4, -0.2) is 43.7 Å². The van der Waals surface area contributed by atoms with E-state index in [9.17, 15) is 9.59 Å². The van der Waals surface area contributed by atoms with Gasteiger partial charge in [0, 0.05) is 13.1 Å². The molecule has 0 aliphatic carbocycles. The van der Waals surface area contributed by atoms with Crippen molar-refractivity contribution in [3.8, 4) is 0 Å². The number of nitrogens with one attached hydrogen (secondary N) is 4. The summed E-state index contributed by atoms with van der Waals surface area (Å²) in [6, 6.07) is -0.650. The number of carbonyl (C=O) groups excluding carboxylic acids is 2. The third-order valence-electron chi connectivity index (χ3n) is 7.15. The summed E-state index contributed by atoms with van der Waals surface area (Å²) in [5.41, 5.74) is 5.33. The molecule has 238 valence electrons. The van der Waals surface area contributed by atoms with Crippen molar-refractivity contribution >= 4 is 30.4 Å². The quantitative estimate of drug-likeness (QED) is 0.0362. The first-order valence-corrected chi connectivity index (χ1v) is 16.3. The first-order chi connectivity index (χ1) is 19.0. The number of ether oxygens (including phenoxy) is 1. The van der Waals surface area contributed by atoms with E-state index in [0.29, 0.717) is 32.5 Å². The highest BCUT2D eigenvalue weighted by atomic mass is 35.5. The second-order valence-electron chi connectivity index (χ2n) is 11.0. The van der Waals surface area contributed by atoms with E-state index in [2.05, 4.69) is 29.8 Å². The lowest BCUT2D eigenvalue weighted by atomic mass is 10.0. The third kappa shape index (κ3) is 29.3. The number of alkyl carbamates (subject to hydrolysis) is 1. The maximum atomic E-state index is 12.7. The van der Waals surface area contributed by atoms with Gasteiger partial charge in [-0.2, -0.15) is 0 Å². The van der Waals surface area contributed by atoms with E-state index in [-0.39, 0.29) is 24.3 Å². The van der Waals surface area contributed by atoms with Crippen LogP contribution in [0.4, 0.5) is 4.79 Å². The normalized spacial score (nSPS) is 11.3. The first-order valence-electron chi connectivity index (χ1n) is 16.3. The van der Waals surface area contributed by atoms with Gasteiger partial charge in [-0.1, -0.05) is 129 Å². The number of rotatable bonds is 28. The first kappa shape index (κ1) is 40.4. The molecule has 2 amide bonds. The molecule has 0 bridgehead atoms. The smallest absolute Gasteiger partial charge is 0.407 e. The van der Waals surface area contributed by atoms with Gasteiger partial charge in [-0.05, 0) is 25.7 Å². The molecule has 0 saturated carbocycles. The van der Waals surface area contributed by atoms with Gasteiger partial charge in [-0.3, -0.25) is 10.2 Å². The summed E-state index contributed by atoms with van der Waals surface area (Å²) in [5.74, 6) is -0.278. The van der Waals surface area contributed by atoms with Crippen molar-refractivity contribution in [2.45, 2.75) is 161 Å². The second-order valence-corrected chi connectivity index (χ2v) is 11.0. The molecule has 0 fully saturated rings. The molecule has 0 aromatic heterocycles. The van der Waals surface area contributed by atoms with E-state index in [1.165, 1.54) is 103 Å². The van der Waals surface area contributed by atoms with Crippen molar-refractivity contribution in [2.24, 2.45) is 5.73 Å². The molecule has 9 heteroatoms. The molecule has 0 aliphatic heterocycles. The molecule has 6 N–H and O–H groups in total. The number of hydrogen-bond acceptors (Lipinski definition) is 4. The molecule has 0 rings (SSSR count). The number of unbranched alkanes of at least 4 members (excludes halogenated alkanes) is 18. The Hall–Kier alpha value is -1.70. The number of nitrogens with two attached hydrogens (primary N) is 1. The minimum absolute atomic E-state index is 0. The lowest BCUT2D eigenvalue weighted by Crippen LogP contribution is -2.47. The van der Waals surface area contributed by atoms with E-state index in [0.717, 1.165) is 25.7 Å². The highest BCUT2D eigenvalue weighted by Crippen LogP contribution is 2.13. The zero-order valence-electron chi connectivity index (χ0n) is 26.0. The van der Waals surface area contributed by atoms with Gasteiger partial charge in [-0.15, -0.1) is 12.4 Å². The number of guanidine groups is 1. The Morgan fingerprint density at radius 2 is 1.07 bits per heavy atom. The lowest BCUT2D eigenvalue weighted by molar-refractivity contribution is -0.123. The van der Waals surface area contributed by atoms with E-state index in [1.807, 2.05) is 0 Å². The molecular weight excluding hydrogens is 526 g/mol. The summed E-state index contributed by atoms with van der Waals surface area (Å²) in [6.07, 6.45) is 25.5. The molecule has 0 heterocycles. The zero-order valence-corrected chi connectivity index (χ0v) is 26.8. The van der Waals surface area contributed by atoms with Gasteiger partial charge in [0.1, 0.15) is 6.04 Å². The molecule has 0 spiro atoms. The number of halogens is 1. The van der Waals surface area contributed by atoms with Gasteiger partial charge >= 0.3 is 6.09 Å². The number of carbonyl (C=O) groups is 2. The Morgan fingerprint density at radius 3 is 1.55 bits per heavy atom. The highest BCUT2D eigenvalue weighted by Gasteiger charge is 2.20. The van der Waals surface area contributed by atoms with E-state index >= 15 is 0 Å². The summed E-state index contributed by atoms with van der Waals surface area (Å²) < 4.78 is 5.36. The van der Waals surface area contributed by atoms with Crippen LogP contribution in [0.5, 0.6) is 0 Å². The van der Waals surface area contributed by atoms with Crippen LogP contribution in [0, 0.1) is 5.41 Å². The minimum Gasteiger partial charge on any atom is -0.450 e. The van der Waals surface area contributed by atoms with Crippen molar-refractivity contribution in [2.75, 3.05) is 19.7 Å². The Labute approximate surface area is 252 Å². The minimum atomic E-state index is -0.650. The molecule has 1 unspecified atom stereocenters. The predicted octanol–water partition coefficient (Wildman–Crippen LogP) is 7.72. The van der Waals surface area contributed by atoms with Crippen LogP contribution < -0.4 is 21.7 Å². The summed E-state index contributed by atoms with van der Waals surface area (Å²) in [7, 11) is 0. The van der Waals surface area contributed by atoms with Crippen molar-refractivity contribution in [1.29, 1.82) is 5.41 Å². The monoisotopic (exact) mass is 589 g/mol. The van der Waals surface area contributed by atoms with Gasteiger partial charge in [0.15, 0.2) is 5.96 Å². The fraction of sp³-hybridized carbons (Fsp3) is 0.903. The number of amides is 2. The van der Waals surface area contributed by atoms with Gasteiger partial charge in [0.2, 0.25) is 5.91 Å². The van der Waals surface area contributed by atoms with Crippen LogP contribution in [-0.2, 0) is 9.53 Å². The molecule has 1 atom stereocenters. The number of hydrogen-bond donors (Lipinski definition) is 5. The standard InChI is InChI=1S/C31H63N5O3.ClH/c1-3-5-7-9-11-12-13-14-15-16-17-18-20-22-27-39-31(38)36-28(24-23-26-35-30(32)33)29(37)34-25-21-19-10-8-6-4-2;/h28H,3-27H2,1-2H3,(H,34,37)(H,36,38)(H4,32,33,35);1H. The Morgan fingerprint density at radius 1 is 0.650 bits per heavy atom. The largest absolute Gasteiger partial charge is 0.450 e.